The monoisotopic (exact) mass is 1180 g/mol. The van der Waals surface area contributed by atoms with E-state index in [1.54, 1.807) is 0 Å². The van der Waals surface area contributed by atoms with Crippen LogP contribution in [0.15, 0.2) is 243 Å². The van der Waals surface area contributed by atoms with Crippen LogP contribution in [-0.4, -0.2) is 0 Å². The van der Waals surface area contributed by atoms with Gasteiger partial charge in [0.1, 0.15) is 0 Å². The summed E-state index contributed by atoms with van der Waals surface area (Å²) in [5.74, 6) is 0. The molecule has 2 nitrogen and oxygen atoms in total. The van der Waals surface area contributed by atoms with Gasteiger partial charge in [0.05, 0.1) is 0 Å². The Morgan fingerprint density at radius 1 is 0.242 bits per heavy atom. The molecule has 3 aliphatic carbocycles. The van der Waals surface area contributed by atoms with Gasteiger partial charge in [-0.2, -0.15) is 0 Å². The van der Waals surface area contributed by atoms with Crippen LogP contribution < -0.4 is 9.80 Å². The molecule has 0 saturated heterocycles. The minimum Gasteiger partial charge on any atom is -0.310 e. The Labute approximate surface area is 539 Å². The average molecular weight is 1180 g/mol. The Morgan fingerprint density at radius 2 is 0.484 bits per heavy atom. The van der Waals surface area contributed by atoms with Gasteiger partial charge >= 0.3 is 0 Å². The lowest BCUT2D eigenvalue weighted by Gasteiger charge is -2.29. The molecular formula is C89H80N2. The fourth-order valence-electron chi connectivity index (χ4n) is 15.1. The second kappa shape index (κ2) is 21.2. The van der Waals surface area contributed by atoms with Crippen LogP contribution in [-0.2, 0) is 27.1 Å². The number of hydrogen-bond donors (Lipinski definition) is 0. The van der Waals surface area contributed by atoms with Crippen LogP contribution in [0.25, 0.3) is 79.2 Å². The van der Waals surface area contributed by atoms with E-state index in [0.717, 1.165) is 34.1 Å². The molecule has 0 spiro atoms. The second-order valence-corrected chi connectivity index (χ2v) is 29.5. The third-order valence-corrected chi connectivity index (χ3v) is 20.5. The van der Waals surface area contributed by atoms with E-state index in [0.29, 0.717) is 0 Å². The van der Waals surface area contributed by atoms with E-state index < -0.39 is 0 Å². The molecule has 12 aromatic rings. The van der Waals surface area contributed by atoms with Crippen molar-refractivity contribution >= 4 is 80.0 Å². The van der Waals surface area contributed by atoms with Gasteiger partial charge in [0, 0.05) is 50.4 Å². The summed E-state index contributed by atoms with van der Waals surface area (Å²) >= 11 is 0. The van der Waals surface area contributed by atoms with E-state index in [-0.39, 0.29) is 27.1 Å². The average Bonchev–Trinajstić information content (AvgIpc) is 1.62. The smallest absolute Gasteiger partial charge is 0.0468 e. The van der Waals surface area contributed by atoms with Crippen LogP contribution in [0.1, 0.15) is 150 Å². The highest BCUT2D eigenvalue weighted by Gasteiger charge is 2.39. The molecule has 0 aromatic heterocycles. The van der Waals surface area contributed by atoms with Gasteiger partial charge in [-0.15, -0.1) is 0 Å². The highest BCUT2D eigenvalue weighted by atomic mass is 15.1. The lowest BCUT2D eigenvalue weighted by atomic mass is 9.81. The molecule has 446 valence electrons. The summed E-state index contributed by atoms with van der Waals surface area (Å²) in [6, 6.07) is 91.8. The molecule has 0 atom stereocenters. The second-order valence-electron chi connectivity index (χ2n) is 29.5. The summed E-state index contributed by atoms with van der Waals surface area (Å²) in [4.78, 5) is 4.86. The maximum Gasteiger partial charge on any atom is 0.0468 e. The molecule has 91 heavy (non-hydrogen) atoms. The van der Waals surface area contributed by atoms with Crippen LogP contribution in [0.4, 0.5) is 34.1 Å². The van der Waals surface area contributed by atoms with E-state index in [4.69, 9.17) is 0 Å². The number of benzene rings is 12. The maximum atomic E-state index is 2.44. The van der Waals surface area contributed by atoms with Gasteiger partial charge in [0.2, 0.25) is 0 Å². The van der Waals surface area contributed by atoms with E-state index >= 15 is 0 Å². The zero-order valence-electron chi connectivity index (χ0n) is 54.8. The molecule has 0 heterocycles. The first-order chi connectivity index (χ1) is 43.6. The minimum atomic E-state index is -0.201. The van der Waals surface area contributed by atoms with Gasteiger partial charge in [-0.1, -0.05) is 277 Å². The summed E-state index contributed by atoms with van der Waals surface area (Å²) in [6.45, 7) is 28.0. The topological polar surface area (TPSA) is 6.48 Å². The first kappa shape index (κ1) is 57.7. The lowest BCUT2D eigenvalue weighted by Crippen LogP contribution is -2.17. The van der Waals surface area contributed by atoms with Crippen LogP contribution >= 0.6 is 0 Å². The molecule has 0 unspecified atom stereocenters. The number of nitrogens with zero attached hydrogens (tertiary/aromatic N) is 2. The van der Waals surface area contributed by atoms with E-state index in [1.807, 2.05) is 0 Å². The van der Waals surface area contributed by atoms with Gasteiger partial charge < -0.3 is 9.80 Å². The van der Waals surface area contributed by atoms with Gasteiger partial charge in [0.25, 0.3) is 0 Å². The summed E-state index contributed by atoms with van der Waals surface area (Å²) in [7, 11) is 0. The molecule has 0 radical (unpaired) electrons. The molecule has 3 aliphatic rings. The predicted molar refractivity (Wildman–Crippen MR) is 392 cm³/mol. The predicted octanol–water partition coefficient (Wildman–Crippen LogP) is 24.8. The first-order valence-electron chi connectivity index (χ1n) is 32.6. The standard InChI is InChI=1S/C89H80N2/c1-85(2,3)65-31-37-67(38-32-65)90(69-35-29-61-17-13-15-19-63(61)53-69)71-41-47-77-75-45-27-59(51-81(75)88(9,10)83(77)55-71)23-21-57-25-43-73-74-44-26-58(50-80(74)87(7,8)79(73)49-57)22-24-60-28-46-76-78-48-42-72(56-84(78)89(11,12)82(76)52-60)91(68-39-33-66(34-40-68)86(4,5)6)70-36-30-62-18-14-16-20-64(62)54-70/h13-56H,1-12H3. The Balaban J connectivity index is 0.665. The minimum absolute atomic E-state index is 0.0683. The Morgan fingerprint density at radius 3 is 0.780 bits per heavy atom. The molecule has 15 rings (SSSR count). The number of hydrogen-bond acceptors (Lipinski definition) is 2. The van der Waals surface area contributed by atoms with Crippen LogP contribution in [0.2, 0.25) is 0 Å². The molecule has 0 bridgehead atoms. The highest BCUT2D eigenvalue weighted by molar-refractivity contribution is 5.94. The van der Waals surface area contributed by atoms with Crippen molar-refractivity contribution in [2.75, 3.05) is 9.80 Å². The summed E-state index contributed by atoms with van der Waals surface area (Å²) in [6.07, 6.45) is 9.21. The first-order valence-corrected chi connectivity index (χ1v) is 32.6. The number of anilines is 6. The number of rotatable bonds is 10. The fourth-order valence-corrected chi connectivity index (χ4v) is 15.1. The molecule has 0 amide bonds. The van der Waals surface area contributed by atoms with E-state index in [1.165, 1.54) is 122 Å². The zero-order valence-corrected chi connectivity index (χ0v) is 54.8. The lowest BCUT2D eigenvalue weighted by molar-refractivity contribution is 0.590. The van der Waals surface area contributed by atoms with Crippen molar-refractivity contribution in [2.45, 2.75) is 110 Å². The van der Waals surface area contributed by atoms with Gasteiger partial charge in [-0.25, -0.2) is 0 Å². The van der Waals surface area contributed by atoms with E-state index in [9.17, 15) is 0 Å². The summed E-state index contributed by atoms with van der Waals surface area (Å²) < 4.78 is 0. The van der Waals surface area contributed by atoms with Crippen molar-refractivity contribution in [3.8, 4) is 33.4 Å². The third-order valence-electron chi connectivity index (χ3n) is 20.5. The largest absolute Gasteiger partial charge is 0.310 e. The van der Waals surface area contributed by atoms with Crippen LogP contribution in [0.3, 0.4) is 0 Å². The molecule has 0 aliphatic heterocycles. The number of fused-ring (bicyclic) bond motifs is 11. The van der Waals surface area contributed by atoms with Crippen molar-refractivity contribution in [1.82, 2.24) is 0 Å². The van der Waals surface area contributed by atoms with Crippen molar-refractivity contribution in [2.24, 2.45) is 0 Å². The summed E-state index contributed by atoms with van der Waals surface area (Å²) in [5, 5.41) is 4.95. The van der Waals surface area contributed by atoms with Crippen LogP contribution in [0, 0.1) is 0 Å². The highest BCUT2D eigenvalue weighted by Crippen LogP contribution is 2.54. The molecule has 0 saturated carbocycles. The SMILES string of the molecule is CC(C)(C)c1ccc(N(c2ccc3c(c2)C(C)(C)c2cc(C=Cc4ccc5c(c4)C(C)(C)c4cc(C=Cc6ccc7c(c6)C(C)(C)c6cc(N(c8ccc(C(C)(C)C)cc8)c8ccc9ccccc9c8)ccc6-7)ccc4-5)ccc2-3)c2ccc3ccccc3c2)cc1. The van der Waals surface area contributed by atoms with Crippen molar-refractivity contribution in [3.63, 3.8) is 0 Å². The molecule has 0 fully saturated rings. The van der Waals surface area contributed by atoms with Crippen molar-refractivity contribution in [1.29, 1.82) is 0 Å². The Kier molecular flexibility index (Phi) is 13.4. The van der Waals surface area contributed by atoms with Crippen molar-refractivity contribution < 1.29 is 0 Å². The normalized spacial score (nSPS) is 14.8. The quantitative estimate of drug-likeness (QED) is 0.126. The molecule has 0 N–H and O–H groups in total. The Bertz CT molecular complexity index is 4660. The summed E-state index contributed by atoms with van der Waals surface area (Å²) in [5.41, 5.74) is 30.1. The molecule has 2 heteroatoms. The van der Waals surface area contributed by atoms with Gasteiger partial charge in [-0.05, 0) is 205 Å². The molecular weight excluding hydrogens is 1100 g/mol. The van der Waals surface area contributed by atoms with Gasteiger partial charge in [-0.3, -0.25) is 0 Å². The van der Waals surface area contributed by atoms with Gasteiger partial charge in [0.15, 0.2) is 0 Å². The van der Waals surface area contributed by atoms with Crippen molar-refractivity contribution in [3.05, 3.63) is 309 Å². The zero-order chi connectivity index (χ0) is 62.9. The fraction of sp³-hybridized carbons (Fsp3) is 0.191. The maximum absolute atomic E-state index is 2.44. The van der Waals surface area contributed by atoms with E-state index in [2.05, 4.69) is 360 Å². The Hall–Kier alpha value is -9.76. The molecule has 12 aromatic carbocycles. The third kappa shape index (κ3) is 9.94. The van der Waals surface area contributed by atoms with Crippen LogP contribution in [0.5, 0.6) is 0 Å².